The molecule has 3 aliphatic heterocycles. The Hall–Kier alpha value is -3.38. The number of fused-ring (bicyclic) bond motifs is 3. The van der Waals surface area contributed by atoms with E-state index in [1.165, 1.54) is 11.1 Å². The third-order valence-corrected chi connectivity index (χ3v) is 6.70. The summed E-state index contributed by atoms with van der Waals surface area (Å²) in [4.78, 5) is 19.2. The van der Waals surface area contributed by atoms with Crippen molar-refractivity contribution in [3.05, 3.63) is 82.8 Å². The number of esters is 1. The molecule has 3 aliphatic rings. The lowest BCUT2D eigenvalue weighted by Crippen LogP contribution is -2.35. The summed E-state index contributed by atoms with van der Waals surface area (Å²) in [5, 5.41) is 0. The van der Waals surface area contributed by atoms with Crippen LogP contribution in [0.2, 0.25) is 0 Å². The zero-order valence-corrected chi connectivity index (χ0v) is 18.0. The summed E-state index contributed by atoms with van der Waals surface area (Å²) in [5.41, 5.74) is 7.53. The Balaban J connectivity index is 1.14. The molecule has 0 fully saturated rings. The Bertz CT molecular complexity index is 1240. The fourth-order valence-corrected chi connectivity index (χ4v) is 4.85. The zero-order valence-electron chi connectivity index (χ0n) is 18.0. The van der Waals surface area contributed by atoms with Crippen LogP contribution in [0.25, 0.3) is 17.0 Å². The van der Waals surface area contributed by atoms with Crippen LogP contribution in [0.3, 0.4) is 0 Å². The molecule has 162 valence electrons. The van der Waals surface area contributed by atoms with Crippen molar-refractivity contribution in [2.45, 2.75) is 32.5 Å². The van der Waals surface area contributed by atoms with Gasteiger partial charge in [-0.1, -0.05) is 30.8 Å². The van der Waals surface area contributed by atoms with Gasteiger partial charge in [0.1, 0.15) is 18.2 Å². The fraction of sp³-hybridized carbons (Fsp3) is 0.308. The van der Waals surface area contributed by atoms with Gasteiger partial charge in [0, 0.05) is 48.9 Å². The maximum atomic E-state index is 11.8. The van der Waals surface area contributed by atoms with Gasteiger partial charge in [-0.3, -0.25) is 4.90 Å². The van der Waals surface area contributed by atoms with Gasteiger partial charge >= 0.3 is 5.97 Å². The molecule has 3 aromatic rings. The largest absolute Gasteiger partial charge is 0.489 e. The number of carbonyl (C=O) groups excluding carboxylic acids is 1. The number of hydrogen-bond donors (Lipinski definition) is 0. The molecule has 0 N–H and O–H groups in total. The van der Waals surface area contributed by atoms with Crippen molar-refractivity contribution in [2.75, 3.05) is 19.7 Å². The first-order valence-corrected chi connectivity index (χ1v) is 11.2. The summed E-state index contributed by atoms with van der Waals surface area (Å²) >= 11 is 0. The molecule has 6 rings (SSSR count). The van der Waals surface area contributed by atoms with Gasteiger partial charge in [-0.2, -0.15) is 0 Å². The van der Waals surface area contributed by atoms with Crippen molar-refractivity contribution < 1.29 is 14.3 Å². The van der Waals surface area contributed by atoms with E-state index in [2.05, 4.69) is 52.6 Å². The van der Waals surface area contributed by atoms with Gasteiger partial charge in [-0.05, 0) is 29.7 Å². The molecule has 0 atom stereocenters. The molecule has 0 radical (unpaired) electrons. The lowest BCUT2D eigenvalue weighted by atomic mass is 9.98. The Kier molecular flexibility index (Phi) is 4.61. The zero-order chi connectivity index (χ0) is 21.7. The topological polar surface area (TPSA) is 56.6 Å². The van der Waals surface area contributed by atoms with E-state index in [0.29, 0.717) is 13.2 Å². The number of benzene rings is 2. The number of ether oxygens (including phenoxy) is 2. The average molecular weight is 428 g/mol. The van der Waals surface area contributed by atoms with Crippen LogP contribution in [0.4, 0.5) is 0 Å². The molecule has 32 heavy (non-hydrogen) atoms. The van der Waals surface area contributed by atoms with Crippen molar-refractivity contribution in [1.82, 2.24) is 14.5 Å². The van der Waals surface area contributed by atoms with E-state index in [4.69, 9.17) is 14.5 Å². The van der Waals surface area contributed by atoms with E-state index in [0.717, 1.165) is 78.6 Å². The third-order valence-electron chi connectivity index (χ3n) is 6.70. The van der Waals surface area contributed by atoms with Crippen molar-refractivity contribution >= 4 is 11.7 Å². The average Bonchev–Trinajstić information content (AvgIpc) is 3.40. The van der Waals surface area contributed by atoms with Crippen LogP contribution in [0.1, 0.15) is 38.4 Å². The molecule has 0 unspecified atom stereocenters. The molecular formula is C26H25N3O3. The van der Waals surface area contributed by atoms with Crippen LogP contribution >= 0.6 is 0 Å². The molecular weight excluding hydrogens is 402 g/mol. The lowest BCUT2D eigenvalue weighted by Gasteiger charge is -2.27. The summed E-state index contributed by atoms with van der Waals surface area (Å²) in [6, 6.07) is 12.5. The quantitative estimate of drug-likeness (QED) is 0.593. The summed E-state index contributed by atoms with van der Waals surface area (Å²) in [7, 11) is 0. The maximum absolute atomic E-state index is 11.8. The van der Waals surface area contributed by atoms with Gasteiger partial charge in [0.05, 0.1) is 24.4 Å². The SMILES string of the molecule is C=C1OCc2cc(-c3cn4c(n3)CN(CCc3ccc5c(c3)CCOC5=O)CC4)ccc21. The summed E-state index contributed by atoms with van der Waals surface area (Å²) in [6.45, 7) is 8.81. The Morgan fingerprint density at radius 3 is 2.88 bits per heavy atom. The van der Waals surface area contributed by atoms with E-state index in [1.54, 1.807) is 0 Å². The second-order valence-electron chi connectivity index (χ2n) is 8.72. The van der Waals surface area contributed by atoms with Gasteiger partial charge < -0.3 is 14.0 Å². The number of nitrogens with zero attached hydrogens (tertiary/aromatic N) is 3. The first kappa shape index (κ1) is 19.3. The molecule has 4 heterocycles. The summed E-state index contributed by atoms with van der Waals surface area (Å²) in [6.07, 6.45) is 3.94. The van der Waals surface area contributed by atoms with E-state index < -0.39 is 0 Å². The minimum Gasteiger partial charge on any atom is -0.489 e. The Labute approximate surface area is 187 Å². The van der Waals surface area contributed by atoms with E-state index in [1.807, 2.05) is 6.07 Å². The normalized spacial score (nSPS) is 17.4. The number of carbonyl (C=O) groups is 1. The molecule has 6 heteroatoms. The predicted octanol–water partition coefficient (Wildman–Crippen LogP) is 3.82. The molecule has 0 spiro atoms. The number of aromatic nitrogens is 2. The van der Waals surface area contributed by atoms with Gasteiger partial charge in [0.2, 0.25) is 0 Å². The van der Waals surface area contributed by atoms with Crippen molar-refractivity contribution in [3.8, 4) is 11.3 Å². The Morgan fingerprint density at radius 2 is 1.94 bits per heavy atom. The molecule has 1 aromatic heterocycles. The highest BCUT2D eigenvalue weighted by atomic mass is 16.5. The molecule has 6 nitrogen and oxygen atoms in total. The van der Waals surface area contributed by atoms with Crippen molar-refractivity contribution in [1.29, 1.82) is 0 Å². The fourth-order valence-electron chi connectivity index (χ4n) is 4.85. The van der Waals surface area contributed by atoms with E-state index in [-0.39, 0.29) is 5.97 Å². The first-order valence-electron chi connectivity index (χ1n) is 11.2. The highest BCUT2D eigenvalue weighted by Crippen LogP contribution is 2.32. The predicted molar refractivity (Wildman–Crippen MR) is 121 cm³/mol. The lowest BCUT2D eigenvalue weighted by molar-refractivity contribution is 0.0480. The number of hydrogen-bond acceptors (Lipinski definition) is 5. The van der Waals surface area contributed by atoms with Crippen molar-refractivity contribution in [3.63, 3.8) is 0 Å². The molecule has 2 aromatic carbocycles. The van der Waals surface area contributed by atoms with Gasteiger partial charge in [-0.15, -0.1) is 0 Å². The van der Waals surface area contributed by atoms with Crippen LogP contribution in [0.5, 0.6) is 0 Å². The molecule has 0 bridgehead atoms. The van der Waals surface area contributed by atoms with Gasteiger partial charge in [-0.25, -0.2) is 9.78 Å². The highest BCUT2D eigenvalue weighted by Gasteiger charge is 2.22. The minimum atomic E-state index is -0.197. The van der Waals surface area contributed by atoms with E-state index in [9.17, 15) is 4.79 Å². The second kappa shape index (κ2) is 7.64. The van der Waals surface area contributed by atoms with Gasteiger partial charge in [0.15, 0.2) is 0 Å². The Morgan fingerprint density at radius 1 is 1.03 bits per heavy atom. The molecule has 0 amide bonds. The van der Waals surface area contributed by atoms with Crippen LogP contribution in [0.15, 0.2) is 49.2 Å². The third kappa shape index (κ3) is 3.41. The van der Waals surface area contributed by atoms with Crippen LogP contribution in [-0.4, -0.2) is 40.1 Å². The molecule has 0 aliphatic carbocycles. The number of cyclic esters (lactones) is 1. The minimum absolute atomic E-state index is 0.197. The number of rotatable bonds is 4. The first-order chi connectivity index (χ1) is 15.6. The maximum Gasteiger partial charge on any atom is 0.338 e. The van der Waals surface area contributed by atoms with Gasteiger partial charge in [0.25, 0.3) is 0 Å². The van der Waals surface area contributed by atoms with Crippen LogP contribution in [0, 0.1) is 0 Å². The standard InChI is InChI=1S/C26H25N3O3/c1-17-22-5-3-20(13-21(22)16-32-17)24-14-29-10-9-28(15-25(29)27-24)8-6-18-2-4-23-19(12-18)7-11-31-26(23)30/h2-5,12-14H,1,6-11,15-16H2. The van der Waals surface area contributed by atoms with Crippen LogP contribution in [-0.2, 0) is 42.0 Å². The number of imidazole rings is 1. The monoisotopic (exact) mass is 427 g/mol. The van der Waals surface area contributed by atoms with Crippen LogP contribution < -0.4 is 0 Å². The smallest absolute Gasteiger partial charge is 0.338 e. The highest BCUT2D eigenvalue weighted by molar-refractivity contribution is 5.92. The second-order valence-corrected chi connectivity index (χ2v) is 8.72. The summed E-state index contributed by atoms with van der Waals surface area (Å²) < 4.78 is 13.0. The van der Waals surface area contributed by atoms with E-state index >= 15 is 0 Å². The molecule has 0 saturated carbocycles. The summed E-state index contributed by atoms with van der Waals surface area (Å²) in [5.74, 6) is 1.67. The molecule has 0 saturated heterocycles. The van der Waals surface area contributed by atoms with Crippen molar-refractivity contribution in [2.24, 2.45) is 0 Å².